The molecule has 0 aliphatic carbocycles. The quantitative estimate of drug-likeness (QED) is 0.301. The highest BCUT2D eigenvalue weighted by molar-refractivity contribution is 5.69. The van der Waals surface area contributed by atoms with E-state index in [1.165, 1.54) is 0 Å². The van der Waals surface area contributed by atoms with Gasteiger partial charge in [-0.15, -0.1) is 0 Å². The zero-order valence-electron chi connectivity index (χ0n) is 15.0. The maximum atomic E-state index is 11.1. The molecule has 0 amide bonds. The Bertz CT molecular complexity index is 259. The number of carbonyl (C=O) groups excluding carboxylic acids is 1. The molecule has 6 nitrogen and oxygen atoms in total. The maximum absolute atomic E-state index is 11.1. The predicted molar refractivity (Wildman–Crippen MR) is 88.6 cm³/mol. The van der Waals surface area contributed by atoms with Gasteiger partial charge in [-0.25, -0.2) is 0 Å². The van der Waals surface area contributed by atoms with E-state index < -0.39 is 0 Å². The highest BCUT2D eigenvalue weighted by atomic mass is 16.6. The zero-order valence-corrected chi connectivity index (χ0v) is 15.0. The highest BCUT2D eigenvalue weighted by Gasteiger charge is 2.00. The molecule has 0 spiro atoms. The molecule has 0 aromatic carbocycles. The molecular weight excluding hydrogens is 300 g/mol. The monoisotopic (exact) mass is 334 g/mol. The molecule has 1 atom stereocenters. The normalized spacial score (nSPS) is 12.3. The molecule has 0 rings (SSSR count). The van der Waals surface area contributed by atoms with Crippen LogP contribution in [-0.2, 0) is 28.5 Å². The molecule has 0 aromatic heterocycles. The Morgan fingerprint density at radius 3 is 1.74 bits per heavy atom. The van der Waals surface area contributed by atoms with Crippen LogP contribution >= 0.6 is 0 Å². The molecule has 0 aliphatic rings. The number of hydrogen-bond donors (Lipinski definition) is 0. The second-order valence-electron chi connectivity index (χ2n) is 5.40. The Balaban J connectivity index is 3.07. The summed E-state index contributed by atoms with van der Waals surface area (Å²) in [5.41, 5.74) is 0. The zero-order chi connectivity index (χ0) is 17.2. The van der Waals surface area contributed by atoms with Crippen molar-refractivity contribution in [3.05, 3.63) is 0 Å². The van der Waals surface area contributed by atoms with Crippen LogP contribution in [0.25, 0.3) is 0 Å². The van der Waals surface area contributed by atoms with Crippen LogP contribution in [0, 0.1) is 5.92 Å². The van der Waals surface area contributed by atoms with Gasteiger partial charge in [0.2, 0.25) is 0 Å². The molecule has 0 bridgehead atoms. The molecule has 6 heteroatoms. The minimum Gasteiger partial charge on any atom is -0.463 e. The van der Waals surface area contributed by atoms with Gasteiger partial charge in [0.05, 0.1) is 46.2 Å². The number of ether oxygens (including phenoxy) is 5. The molecule has 0 saturated carbocycles. The lowest BCUT2D eigenvalue weighted by Gasteiger charge is -2.10. The SMILES string of the molecule is CCCC(=O)OCCOCCOCCOCCOCC(C)CC. The van der Waals surface area contributed by atoms with Crippen LogP contribution in [0.2, 0.25) is 0 Å². The molecule has 0 heterocycles. The van der Waals surface area contributed by atoms with Crippen molar-refractivity contribution in [1.29, 1.82) is 0 Å². The summed E-state index contributed by atoms with van der Waals surface area (Å²) in [7, 11) is 0. The largest absolute Gasteiger partial charge is 0.463 e. The van der Waals surface area contributed by atoms with E-state index in [-0.39, 0.29) is 5.97 Å². The molecule has 23 heavy (non-hydrogen) atoms. The van der Waals surface area contributed by atoms with E-state index in [4.69, 9.17) is 23.7 Å². The van der Waals surface area contributed by atoms with E-state index in [1.807, 2.05) is 6.92 Å². The van der Waals surface area contributed by atoms with Gasteiger partial charge in [0.25, 0.3) is 0 Å². The fraction of sp³-hybridized carbons (Fsp3) is 0.941. The van der Waals surface area contributed by atoms with Crippen molar-refractivity contribution in [1.82, 2.24) is 0 Å². The molecule has 0 aliphatic heterocycles. The molecule has 1 unspecified atom stereocenters. The summed E-state index contributed by atoms with van der Waals surface area (Å²) in [5, 5.41) is 0. The van der Waals surface area contributed by atoms with Crippen molar-refractivity contribution < 1.29 is 28.5 Å². The van der Waals surface area contributed by atoms with Crippen LogP contribution in [0.1, 0.15) is 40.0 Å². The second-order valence-corrected chi connectivity index (χ2v) is 5.40. The average molecular weight is 334 g/mol. The van der Waals surface area contributed by atoms with Crippen LogP contribution in [0.3, 0.4) is 0 Å². The molecule has 0 saturated heterocycles. The smallest absolute Gasteiger partial charge is 0.305 e. The van der Waals surface area contributed by atoms with E-state index in [9.17, 15) is 4.79 Å². The lowest BCUT2D eigenvalue weighted by atomic mass is 10.1. The van der Waals surface area contributed by atoms with E-state index in [1.54, 1.807) is 0 Å². The van der Waals surface area contributed by atoms with Gasteiger partial charge in [-0.2, -0.15) is 0 Å². The van der Waals surface area contributed by atoms with Gasteiger partial charge in [0.15, 0.2) is 0 Å². The summed E-state index contributed by atoms with van der Waals surface area (Å²) in [4.78, 5) is 11.1. The number of rotatable bonds is 17. The fourth-order valence-electron chi connectivity index (χ4n) is 1.55. The van der Waals surface area contributed by atoms with Crippen molar-refractivity contribution in [2.45, 2.75) is 40.0 Å². The molecule has 138 valence electrons. The standard InChI is InChI=1S/C17H34O6/c1-4-6-17(18)23-14-13-21-10-9-19-7-8-20-11-12-22-15-16(3)5-2/h16H,4-15H2,1-3H3. The van der Waals surface area contributed by atoms with Gasteiger partial charge < -0.3 is 23.7 Å². The molecule has 0 radical (unpaired) electrons. The highest BCUT2D eigenvalue weighted by Crippen LogP contribution is 1.99. The van der Waals surface area contributed by atoms with Gasteiger partial charge in [-0.1, -0.05) is 27.2 Å². The topological polar surface area (TPSA) is 63.2 Å². The maximum Gasteiger partial charge on any atom is 0.305 e. The third kappa shape index (κ3) is 17.5. The molecule has 0 N–H and O–H groups in total. The molecule has 0 aromatic rings. The second kappa shape index (κ2) is 17.7. The minimum atomic E-state index is -0.169. The average Bonchev–Trinajstić information content (AvgIpc) is 2.55. The van der Waals surface area contributed by atoms with Crippen molar-refractivity contribution >= 4 is 5.97 Å². The van der Waals surface area contributed by atoms with E-state index >= 15 is 0 Å². The molecule has 0 fully saturated rings. The molecular formula is C17H34O6. The van der Waals surface area contributed by atoms with Crippen LogP contribution in [0.5, 0.6) is 0 Å². The third-order valence-electron chi connectivity index (χ3n) is 3.16. The Morgan fingerprint density at radius 2 is 1.26 bits per heavy atom. The summed E-state index contributed by atoms with van der Waals surface area (Å²) < 4.78 is 26.5. The third-order valence-corrected chi connectivity index (χ3v) is 3.16. The van der Waals surface area contributed by atoms with Crippen molar-refractivity contribution in [2.24, 2.45) is 5.92 Å². The minimum absolute atomic E-state index is 0.169. The van der Waals surface area contributed by atoms with E-state index in [2.05, 4.69) is 13.8 Å². The number of esters is 1. The lowest BCUT2D eigenvalue weighted by Crippen LogP contribution is -2.15. The Labute approximate surface area is 140 Å². The van der Waals surface area contributed by atoms with Gasteiger partial charge in [0.1, 0.15) is 6.61 Å². The van der Waals surface area contributed by atoms with Crippen molar-refractivity contribution in [2.75, 3.05) is 59.5 Å². The first kappa shape index (κ1) is 22.3. The predicted octanol–water partition coefficient (Wildman–Crippen LogP) is 2.44. The van der Waals surface area contributed by atoms with Crippen LogP contribution in [0.4, 0.5) is 0 Å². The van der Waals surface area contributed by atoms with Gasteiger partial charge in [-0.3, -0.25) is 4.79 Å². The van der Waals surface area contributed by atoms with Crippen molar-refractivity contribution in [3.8, 4) is 0 Å². The van der Waals surface area contributed by atoms with Crippen LogP contribution in [-0.4, -0.2) is 65.4 Å². The Morgan fingerprint density at radius 1 is 0.783 bits per heavy atom. The Kier molecular flexibility index (Phi) is 17.1. The van der Waals surface area contributed by atoms with Gasteiger partial charge >= 0.3 is 5.97 Å². The van der Waals surface area contributed by atoms with Crippen molar-refractivity contribution in [3.63, 3.8) is 0 Å². The Hall–Kier alpha value is -0.690. The van der Waals surface area contributed by atoms with Crippen LogP contribution < -0.4 is 0 Å². The van der Waals surface area contributed by atoms with E-state index in [0.717, 1.165) is 19.4 Å². The first-order valence-corrected chi connectivity index (χ1v) is 8.67. The summed E-state index contributed by atoms with van der Waals surface area (Å²) in [6.07, 6.45) is 2.41. The summed E-state index contributed by atoms with van der Waals surface area (Å²) in [6.45, 7) is 11.1. The van der Waals surface area contributed by atoms with Gasteiger partial charge in [-0.05, 0) is 12.3 Å². The van der Waals surface area contributed by atoms with Gasteiger partial charge in [0, 0.05) is 13.0 Å². The first-order valence-electron chi connectivity index (χ1n) is 8.67. The lowest BCUT2D eigenvalue weighted by molar-refractivity contribution is -0.145. The number of carbonyl (C=O) groups is 1. The first-order chi connectivity index (χ1) is 11.2. The summed E-state index contributed by atoms with van der Waals surface area (Å²) in [6, 6.07) is 0. The summed E-state index contributed by atoms with van der Waals surface area (Å²) in [5.74, 6) is 0.436. The van der Waals surface area contributed by atoms with E-state index in [0.29, 0.717) is 65.2 Å². The summed E-state index contributed by atoms with van der Waals surface area (Å²) >= 11 is 0. The fourth-order valence-corrected chi connectivity index (χ4v) is 1.55. The van der Waals surface area contributed by atoms with Crippen LogP contribution in [0.15, 0.2) is 0 Å². The number of hydrogen-bond acceptors (Lipinski definition) is 6.